The summed E-state index contributed by atoms with van der Waals surface area (Å²) in [6.45, 7) is 6.52. The van der Waals surface area contributed by atoms with Gasteiger partial charge in [0.05, 0.1) is 24.5 Å². The zero-order valence-electron chi connectivity index (χ0n) is 13.8. The molecule has 0 aliphatic rings. The average molecular weight is 316 g/mol. The van der Waals surface area contributed by atoms with Crippen LogP contribution in [0.1, 0.15) is 36.9 Å². The summed E-state index contributed by atoms with van der Waals surface area (Å²) >= 11 is 0. The fourth-order valence-corrected chi connectivity index (χ4v) is 2.02. The SMILES string of the molecule is CC(C)(C)C(O)CNC(=O)c1ccccc1NCc1ccco1. The average Bonchev–Trinajstić information content (AvgIpc) is 3.03. The molecule has 0 fully saturated rings. The van der Waals surface area contributed by atoms with Gasteiger partial charge in [-0.15, -0.1) is 0 Å². The molecule has 2 aromatic rings. The van der Waals surface area contributed by atoms with Crippen molar-refractivity contribution in [2.75, 3.05) is 11.9 Å². The molecule has 1 unspecified atom stereocenters. The molecule has 0 spiro atoms. The van der Waals surface area contributed by atoms with Crippen molar-refractivity contribution in [3.8, 4) is 0 Å². The molecule has 1 heterocycles. The topological polar surface area (TPSA) is 74.5 Å². The van der Waals surface area contributed by atoms with E-state index in [0.29, 0.717) is 12.1 Å². The van der Waals surface area contributed by atoms with Crippen LogP contribution >= 0.6 is 0 Å². The third kappa shape index (κ3) is 4.86. The number of anilines is 1. The predicted molar refractivity (Wildman–Crippen MR) is 90.3 cm³/mol. The van der Waals surface area contributed by atoms with Gasteiger partial charge in [0.1, 0.15) is 5.76 Å². The summed E-state index contributed by atoms with van der Waals surface area (Å²) < 4.78 is 5.28. The zero-order chi connectivity index (χ0) is 16.9. The summed E-state index contributed by atoms with van der Waals surface area (Å²) in [6.07, 6.45) is 1.01. The lowest BCUT2D eigenvalue weighted by Gasteiger charge is -2.26. The Morgan fingerprint density at radius 2 is 1.96 bits per heavy atom. The van der Waals surface area contributed by atoms with E-state index in [2.05, 4.69) is 10.6 Å². The van der Waals surface area contributed by atoms with Crippen molar-refractivity contribution in [3.05, 3.63) is 54.0 Å². The molecular formula is C18H24N2O3. The normalized spacial score (nSPS) is 12.7. The molecule has 5 nitrogen and oxygen atoms in total. The van der Waals surface area contributed by atoms with Crippen molar-refractivity contribution < 1.29 is 14.3 Å². The Hall–Kier alpha value is -2.27. The van der Waals surface area contributed by atoms with Gasteiger partial charge >= 0.3 is 0 Å². The molecule has 1 aromatic carbocycles. The van der Waals surface area contributed by atoms with Gasteiger partial charge in [0, 0.05) is 12.2 Å². The third-order valence-electron chi connectivity index (χ3n) is 3.66. The zero-order valence-corrected chi connectivity index (χ0v) is 13.8. The summed E-state index contributed by atoms with van der Waals surface area (Å²) in [7, 11) is 0. The van der Waals surface area contributed by atoms with Crippen molar-refractivity contribution in [2.45, 2.75) is 33.4 Å². The maximum atomic E-state index is 12.4. The molecule has 1 aromatic heterocycles. The number of carbonyl (C=O) groups excluding carboxylic acids is 1. The summed E-state index contributed by atoms with van der Waals surface area (Å²) in [5, 5.41) is 16.0. The van der Waals surface area contributed by atoms with Crippen molar-refractivity contribution in [1.82, 2.24) is 5.32 Å². The molecule has 0 aliphatic carbocycles. The van der Waals surface area contributed by atoms with E-state index in [9.17, 15) is 9.90 Å². The fourth-order valence-electron chi connectivity index (χ4n) is 2.02. The van der Waals surface area contributed by atoms with Gasteiger partial charge in [-0.05, 0) is 29.7 Å². The van der Waals surface area contributed by atoms with Crippen LogP contribution in [0.3, 0.4) is 0 Å². The lowest BCUT2D eigenvalue weighted by Crippen LogP contribution is -2.39. The van der Waals surface area contributed by atoms with Crippen molar-refractivity contribution in [3.63, 3.8) is 0 Å². The van der Waals surface area contributed by atoms with Crippen LogP contribution in [0.15, 0.2) is 47.1 Å². The van der Waals surface area contributed by atoms with Crippen LogP contribution in [0, 0.1) is 5.41 Å². The van der Waals surface area contributed by atoms with Gasteiger partial charge in [-0.2, -0.15) is 0 Å². The minimum atomic E-state index is -0.602. The minimum absolute atomic E-state index is 0.212. The highest BCUT2D eigenvalue weighted by Gasteiger charge is 2.23. The predicted octanol–water partition coefficient (Wildman–Crippen LogP) is 3.03. The van der Waals surface area contributed by atoms with Crippen LogP contribution in [-0.4, -0.2) is 23.7 Å². The second-order valence-corrected chi connectivity index (χ2v) is 6.57. The van der Waals surface area contributed by atoms with Crippen LogP contribution in [0.5, 0.6) is 0 Å². The van der Waals surface area contributed by atoms with E-state index in [0.717, 1.165) is 11.4 Å². The van der Waals surface area contributed by atoms with E-state index in [1.807, 2.05) is 51.1 Å². The number of aliphatic hydroxyl groups excluding tert-OH is 1. The number of furan rings is 1. The molecule has 1 amide bonds. The Morgan fingerprint density at radius 1 is 1.22 bits per heavy atom. The van der Waals surface area contributed by atoms with Gasteiger partial charge in [-0.3, -0.25) is 4.79 Å². The number of nitrogens with one attached hydrogen (secondary N) is 2. The highest BCUT2D eigenvalue weighted by Crippen LogP contribution is 2.19. The smallest absolute Gasteiger partial charge is 0.253 e. The first-order valence-corrected chi connectivity index (χ1v) is 7.69. The molecule has 5 heteroatoms. The van der Waals surface area contributed by atoms with E-state index in [-0.39, 0.29) is 17.9 Å². The Kier molecular flexibility index (Phi) is 5.45. The van der Waals surface area contributed by atoms with Crippen molar-refractivity contribution in [2.24, 2.45) is 5.41 Å². The molecule has 0 aliphatic heterocycles. The molecule has 2 rings (SSSR count). The van der Waals surface area contributed by atoms with E-state index in [4.69, 9.17) is 4.42 Å². The summed E-state index contributed by atoms with van der Waals surface area (Å²) in [5.41, 5.74) is 0.997. The number of aliphatic hydroxyl groups is 1. The number of carbonyl (C=O) groups is 1. The van der Waals surface area contributed by atoms with Gasteiger partial charge < -0.3 is 20.2 Å². The minimum Gasteiger partial charge on any atom is -0.467 e. The lowest BCUT2D eigenvalue weighted by atomic mass is 9.89. The number of hydrogen-bond acceptors (Lipinski definition) is 4. The van der Waals surface area contributed by atoms with E-state index in [1.165, 1.54) is 0 Å². The van der Waals surface area contributed by atoms with Crippen molar-refractivity contribution >= 4 is 11.6 Å². The second kappa shape index (κ2) is 7.33. The molecule has 23 heavy (non-hydrogen) atoms. The van der Waals surface area contributed by atoms with Crippen LogP contribution in [0.4, 0.5) is 5.69 Å². The molecule has 0 radical (unpaired) electrons. The van der Waals surface area contributed by atoms with E-state index >= 15 is 0 Å². The Morgan fingerprint density at radius 3 is 2.61 bits per heavy atom. The van der Waals surface area contributed by atoms with E-state index < -0.39 is 6.10 Å². The van der Waals surface area contributed by atoms with Crippen LogP contribution in [-0.2, 0) is 6.54 Å². The lowest BCUT2D eigenvalue weighted by molar-refractivity contribution is 0.0587. The number of amides is 1. The molecule has 0 saturated heterocycles. The maximum Gasteiger partial charge on any atom is 0.253 e. The number of hydrogen-bond donors (Lipinski definition) is 3. The fraction of sp³-hybridized carbons (Fsp3) is 0.389. The van der Waals surface area contributed by atoms with Gasteiger partial charge in [-0.1, -0.05) is 32.9 Å². The second-order valence-electron chi connectivity index (χ2n) is 6.57. The quantitative estimate of drug-likeness (QED) is 0.766. The maximum absolute atomic E-state index is 12.4. The first-order valence-electron chi connectivity index (χ1n) is 7.69. The first-order chi connectivity index (χ1) is 10.9. The number of para-hydroxylation sites is 1. The van der Waals surface area contributed by atoms with Crippen LogP contribution in [0.25, 0.3) is 0 Å². The van der Waals surface area contributed by atoms with Gasteiger partial charge in [0.2, 0.25) is 0 Å². The molecule has 1 atom stereocenters. The first kappa shape index (κ1) is 17.1. The van der Waals surface area contributed by atoms with Crippen LogP contribution in [0.2, 0.25) is 0 Å². The molecule has 0 bridgehead atoms. The Balaban J connectivity index is 2.00. The summed E-state index contributed by atoms with van der Waals surface area (Å²) in [5.74, 6) is 0.583. The number of benzene rings is 1. The van der Waals surface area contributed by atoms with Crippen LogP contribution < -0.4 is 10.6 Å². The van der Waals surface area contributed by atoms with Crippen molar-refractivity contribution in [1.29, 1.82) is 0 Å². The molecule has 3 N–H and O–H groups in total. The van der Waals surface area contributed by atoms with Gasteiger partial charge in [0.15, 0.2) is 0 Å². The monoisotopic (exact) mass is 316 g/mol. The summed E-state index contributed by atoms with van der Waals surface area (Å²) in [6, 6.07) is 11.0. The highest BCUT2D eigenvalue weighted by molar-refractivity contribution is 5.99. The molecular weight excluding hydrogens is 292 g/mol. The summed E-state index contributed by atoms with van der Waals surface area (Å²) in [4.78, 5) is 12.4. The number of rotatable bonds is 6. The molecule has 124 valence electrons. The van der Waals surface area contributed by atoms with Gasteiger partial charge in [-0.25, -0.2) is 0 Å². The van der Waals surface area contributed by atoms with Gasteiger partial charge in [0.25, 0.3) is 5.91 Å². The Bertz CT molecular complexity index is 630. The highest BCUT2D eigenvalue weighted by atomic mass is 16.3. The standard InChI is InChI=1S/C18H24N2O3/c1-18(2,3)16(21)12-20-17(22)14-8-4-5-9-15(14)19-11-13-7-6-10-23-13/h4-10,16,19,21H,11-12H2,1-3H3,(H,20,22). The third-order valence-corrected chi connectivity index (χ3v) is 3.66. The Labute approximate surface area is 136 Å². The van der Waals surface area contributed by atoms with E-state index in [1.54, 1.807) is 12.3 Å². The largest absolute Gasteiger partial charge is 0.467 e. The molecule has 0 saturated carbocycles.